The van der Waals surface area contributed by atoms with Crippen molar-refractivity contribution in [2.24, 2.45) is 14.1 Å². The molecule has 0 spiro atoms. The summed E-state index contributed by atoms with van der Waals surface area (Å²) in [5.41, 5.74) is -0.184. The third kappa shape index (κ3) is 3.72. The third-order valence-corrected chi connectivity index (χ3v) is 4.38. The minimum atomic E-state index is -0.485. The van der Waals surface area contributed by atoms with Crippen molar-refractivity contribution in [3.8, 4) is 0 Å². The summed E-state index contributed by atoms with van der Waals surface area (Å²) in [6, 6.07) is 0. The number of carbonyl (C=O) groups excluding carboxylic acids is 1. The standard InChI is InChI=1S/C14H19BrN4O4/c1-8(20)23-9(7-15)5-4-6-10-16-12-11(18(10)2)13(21)17-14(22)19(12)3/h9H,4-7H2,1-3H3,(H,17,21,22). The highest BCUT2D eigenvalue weighted by Gasteiger charge is 2.16. The number of esters is 1. The molecule has 2 rings (SSSR count). The largest absolute Gasteiger partial charge is 0.462 e. The van der Waals surface area contributed by atoms with E-state index in [1.165, 1.54) is 11.5 Å². The molecule has 0 bridgehead atoms. The highest BCUT2D eigenvalue weighted by molar-refractivity contribution is 9.09. The third-order valence-electron chi connectivity index (χ3n) is 3.66. The van der Waals surface area contributed by atoms with Crippen LogP contribution in [-0.4, -0.2) is 36.5 Å². The van der Waals surface area contributed by atoms with E-state index in [4.69, 9.17) is 4.74 Å². The lowest BCUT2D eigenvalue weighted by Gasteiger charge is -2.13. The maximum Gasteiger partial charge on any atom is 0.329 e. The fraction of sp³-hybridized carbons (Fsp3) is 0.571. The molecule has 0 aromatic carbocycles. The molecule has 8 nitrogen and oxygen atoms in total. The molecule has 0 saturated carbocycles. The van der Waals surface area contributed by atoms with Gasteiger partial charge < -0.3 is 9.30 Å². The van der Waals surface area contributed by atoms with E-state index < -0.39 is 11.2 Å². The summed E-state index contributed by atoms with van der Waals surface area (Å²) in [6.07, 6.45) is 1.86. The molecule has 2 heterocycles. The Labute approximate surface area is 140 Å². The number of nitrogens with zero attached hydrogens (tertiary/aromatic N) is 3. The Bertz CT molecular complexity index is 836. The number of halogens is 1. The molecule has 2 aromatic rings. The highest BCUT2D eigenvalue weighted by atomic mass is 79.9. The van der Waals surface area contributed by atoms with Crippen LogP contribution in [0.15, 0.2) is 9.59 Å². The average Bonchev–Trinajstić information content (AvgIpc) is 2.81. The maximum absolute atomic E-state index is 11.9. The van der Waals surface area contributed by atoms with Gasteiger partial charge in [0.25, 0.3) is 5.56 Å². The first kappa shape index (κ1) is 17.5. The maximum atomic E-state index is 11.9. The lowest BCUT2D eigenvalue weighted by atomic mass is 10.1. The van der Waals surface area contributed by atoms with Gasteiger partial charge in [0.1, 0.15) is 11.9 Å². The van der Waals surface area contributed by atoms with Gasteiger partial charge in [-0.15, -0.1) is 0 Å². The fourth-order valence-corrected chi connectivity index (χ4v) is 2.92. The molecular formula is C14H19BrN4O4. The number of aromatic amines is 1. The van der Waals surface area contributed by atoms with E-state index in [0.717, 1.165) is 6.42 Å². The number of alkyl halides is 1. The van der Waals surface area contributed by atoms with Crippen LogP contribution in [-0.2, 0) is 30.0 Å². The topological polar surface area (TPSA) is 99.0 Å². The van der Waals surface area contributed by atoms with Crippen molar-refractivity contribution in [2.45, 2.75) is 32.3 Å². The highest BCUT2D eigenvalue weighted by Crippen LogP contribution is 2.13. The van der Waals surface area contributed by atoms with Crippen molar-refractivity contribution < 1.29 is 9.53 Å². The Morgan fingerprint density at radius 3 is 2.65 bits per heavy atom. The molecule has 1 unspecified atom stereocenters. The second-order valence-electron chi connectivity index (χ2n) is 5.36. The van der Waals surface area contributed by atoms with Crippen LogP contribution in [0, 0.1) is 0 Å². The van der Waals surface area contributed by atoms with Gasteiger partial charge in [0.05, 0.1) is 0 Å². The van der Waals surface area contributed by atoms with Gasteiger partial charge in [0, 0.05) is 32.8 Å². The van der Waals surface area contributed by atoms with Crippen LogP contribution in [0.3, 0.4) is 0 Å². The fourth-order valence-electron chi connectivity index (χ4n) is 2.47. The molecule has 0 aliphatic rings. The first-order valence-corrected chi connectivity index (χ1v) is 8.35. The summed E-state index contributed by atoms with van der Waals surface area (Å²) < 4.78 is 8.18. The predicted octanol–water partition coefficient (Wildman–Crippen LogP) is 0.610. The molecule has 0 saturated heterocycles. The molecule has 1 atom stereocenters. The van der Waals surface area contributed by atoms with Gasteiger partial charge in [-0.1, -0.05) is 15.9 Å². The van der Waals surface area contributed by atoms with E-state index in [-0.39, 0.29) is 12.1 Å². The predicted molar refractivity (Wildman–Crippen MR) is 88.9 cm³/mol. The summed E-state index contributed by atoms with van der Waals surface area (Å²) in [6.45, 7) is 1.38. The van der Waals surface area contributed by atoms with Gasteiger partial charge in [0.2, 0.25) is 0 Å². The molecule has 0 aliphatic carbocycles. The van der Waals surface area contributed by atoms with Crippen molar-refractivity contribution in [3.63, 3.8) is 0 Å². The van der Waals surface area contributed by atoms with Crippen LogP contribution < -0.4 is 11.2 Å². The minimum Gasteiger partial charge on any atom is -0.462 e. The number of nitrogens with one attached hydrogen (secondary N) is 1. The van der Waals surface area contributed by atoms with E-state index in [1.807, 2.05) is 0 Å². The average molecular weight is 387 g/mol. The number of hydrogen-bond acceptors (Lipinski definition) is 5. The summed E-state index contributed by atoms with van der Waals surface area (Å²) >= 11 is 3.32. The number of H-pyrrole nitrogens is 1. The van der Waals surface area contributed by atoms with Gasteiger partial charge in [-0.3, -0.25) is 19.1 Å². The zero-order chi connectivity index (χ0) is 17.1. The van der Waals surface area contributed by atoms with Crippen LogP contribution in [0.2, 0.25) is 0 Å². The number of hydrogen-bond donors (Lipinski definition) is 1. The quantitative estimate of drug-likeness (QED) is 0.579. The van der Waals surface area contributed by atoms with E-state index >= 15 is 0 Å². The Kier molecular flexibility index (Phi) is 5.40. The van der Waals surface area contributed by atoms with Gasteiger partial charge in [-0.2, -0.15) is 0 Å². The van der Waals surface area contributed by atoms with Crippen LogP contribution in [0.5, 0.6) is 0 Å². The molecular weight excluding hydrogens is 368 g/mol. The second-order valence-corrected chi connectivity index (χ2v) is 6.00. The van der Waals surface area contributed by atoms with Crippen LogP contribution >= 0.6 is 15.9 Å². The molecule has 2 aromatic heterocycles. The molecule has 0 radical (unpaired) electrons. The molecule has 0 fully saturated rings. The lowest BCUT2D eigenvalue weighted by Crippen LogP contribution is -2.29. The molecule has 0 amide bonds. The van der Waals surface area contributed by atoms with Gasteiger partial charge >= 0.3 is 11.7 Å². The monoisotopic (exact) mass is 386 g/mol. The van der Waals surface area contributed by atoms with Gasteiger partial charge in [-0.25, -0.2) is 9.78 Å². The van der Waals surface area contributed by atoms with Crippen molar-refractivity contribution >= 4 is 33.1 Å². The van der Waals surface area contributed by atoms with Gasteiger partial charge in [0.15, 0.2) is 11.2 Å². The number of ether oxygens (including phenoxy) is 1. The SMILES string of the molecule is CC(=O)OC(CBr)CCCc1nc2c(c(=O)[nH]c(=O)n2C)n1C. The van der Waals surface area contributed by atoms with E-state index in [2.05, 4.69) is 25.9 Å². The smallest absolute Gasteiger partial charge is 0.329 e. The molecule has 1 N–H and O–H groups in total. The minimum absolute atomic E-state index is 0.185. The molecule has 9 heteroatoms. The second kappa shape index (κ2) is 7.12. The Morgan fingerprint density at radius 1 is 1.35 bits per heavy atom. The Morgan fingerprint density at radius 2 is 2.04 bits per heavy atom. The zero-order valence-corrected chi connectivity index (χ0v) is 14.8. The summed E-state index contributed by atoms with van der Waals surface area (Å²) in [5.74, 6) is 0.404. The molecule has 0 aliphatic heterocycles. The Hall–Kier alpha value is -1.90. The number of fused-ring (bicyclic) bond motifs is 1. The lowest BCUT2D eigenvalue weighted by molar-refractivity contribution is -0.145. The van der Waals surface area contributed by atoms with Crippen molar-refractivity contribution in [1.29, 1.82) is 0 Å². The number of carbonyl (C=O) groups is 1. The number of rotatable bonds is 6. The summed E-state index contributed by atoms with van der Waals surface area (Å²) in [5, 5.41) is 0.573. The van der Waals surface area contributed by atoms with Crippen LogP contribution in [0.1, 0.15) is 25.6 Å². The van der Waals surface area contributed by atoms with E-state index in [0.29, 0.717) is 35.2 Å². The van der Waals surface area contributed by atoms with Crippen molar-refractivity contribution in [2.75, 3.05) is 5.33 Å². The number of imidazole rings is 1. The van der Waals surface area contributed by atoms with Crippen molar-refractivity contribution in [1.82, 2.24) is 19.1 Å². The Balaban J connectivity index is 2.18. The van der Waals surface area contributed by atoms with E-state index in [9.17, 15) is 14.4 Å². The summed E-state index contributed by atoms with van der Waals surface area (Å²) in [7, 11) is 3.32. The van der Waals surface area contributed by atoms with Crippen molar-refractivity contribution in [3.05, 3.63) is 26.7 Å². The first-order valence-electron chi connectivity index (χ1n) is 7.23. The normalized spacial score (nSPS) is 12.5. The summed E-state index contributed by atoms with van der Waals surface area (Å²) in [4.78, 5) is 41.2. The molecule has 126 valence electrons. The van der Waals surface area contributed by atoms with Crippen LogP contribution in [0.25, 0.3) is 11.2 Å². The van der Waals surface area contributed by atoms with Crippen LogP contribution in [0.4, 0.5) is 0 Å². The van der Waals surface area contributed by atoms with E-state index in [1.54, 1.807) is 18.7 Å². The number of aryl methyl sites for hydroxylation is 3. The molecule has 23 heavy (non-hydrogen) atoms. The number of aromatic nitrogens is 4. The van der Waals surface area contributed by atoms with Gasteiger partial charge in [-0.05, 0) is 12.8 Å². The first-order chi connectivity index (χ1) is 10.8. The zero-order valence-electron chi connectivity index (χ0n) is 13.3.